The van der Waals surface area contributed by atoms with Gasteiger partial charge < -0.3 is 13.7 Å². The molecule has 0 aliphatic rings. The lowest BCUT2D eigenvalue weighted by molar-refractivity contribution is 0.0529. The summed E-state index contributed by atoms with van der Waals surface area (Å²) in [7, 11) is -2.62. The number of amides is 1. The third-order valence-electron chi connectivity index (χ3n) is 3.47. The Labute approximate surface area is 170 Å². The molecule has 0 saturated heterocycles. The van der Waals surface area contributed by atoms with Crippen LogP contribution >= 0.6 is 0 Å². The highest BCUT2D eigenvalue weighted by Crippen LogP contribution is 2.30. The number of hydrogen-bond acceptors (Lipinski definition) is 7. The smallest absolute Gasteiger partial charge is 0.428 e. The number of hydrazone groups is 1. The van der Waals surface area contributed by atoms with E-state index in [1.54, 1.807) is 39.0 Å². The maximum atomic E-state index is 12.5. The van der Waals surface area contributed by atoms with Crippen molar-refractivity contribution in [1.82, 2.24) is 5.43 Å². The second-order valence-corrected chi connectivity index (χ2v) is 8.68. The lowest BCUT2D eigenvalue weighted by atomic mass is 10.2. The van der Waals surface area contributed by atoms with E-state index in [4.69, 9.17) is 13.7 Å². The van der Waals surface area contributed by atoms with E-state index in [0.29, 0.717) is 5.56 Å². The Balaban J connectivity index is 2.13. The Hall–Kier alpha value is -3.07. The van der Waals surface area contributed by atoms with Gasteiger partial charge in [0.2, 0.25) is 0 Å². The van der Waals surface area contributed by atoms with Gasteiger partial charge in [-0.05, 0) is 63.6 Å². The van der Waals surface area contributed by atoms with Crippen molar-refractivity contribution in [3.05, 3.63) is 53.6 Å². The van der Waals surface area contributed by atoms with Gasteiger partial charge in [-0.15, -0.1) is 0 Å². The van der Waals surface area contributed by atoms with Gasteiger partial charge in [0, 0.05) is 0 Å². The van der Waals surface area contributed by atoms with Crippen molar-refractivity contribution in [2.75, 3.05) is 7.11 Å². The van der Waals surface area contributed by atoms with E-state index in [1.165, 1.54) is 37.6 Å². The number of hydrogen-bond donors (Lipinski definition) is 1. The number of rotatable bonds is 6. The fourth-order valence-corrected chi connectivity index (χ4v) is 3.10. The molecule has 29 heavy (non-hydrogen) atoms. The van der Waals surface area contributed by atoms with Gasteiger partial charge in [0.1, 0.15) is 10.5 Å². The zero-order chi connectivity index (χ0) is 21.7. The van der Waals surface area contributed by atoms with Crippen molar-refractivity contribution in [2.24, 2.45) is 5.10 Å². The molecule has 0 heterocycles. The molecular formula is C20H24N2O6S. The van der Waals surface area contributed by atoms with Crippen LogP contribution in [0.2, 0.25) is 0 Å². The van der Waals surface area contributed by atoms with Crippen LogP contribution in [0.1, 0.15) is 31.9 Å². The number of aryl methyl sites for hydroxylation is 1. The van der Waals surface area contributed by atoms with Gasteiger partial charge in [0.25, 0.3) is 0 Å². The summed E-state index contributed by atoms with van der Waals surface area (Å²) in [5, 5.41) is 3.80. The molecule has 0 aliphatic carbocycles. The second-order valence-electron chi connectivity index (χ2n) is 7.13. The largest absolute Gasteiger partial charge is 0.493 e. The lowest BCUT2D eigenvalue weighted by Gasteiger charge is -2.18. The van der Waals surface area contributed by atoms with Crippen molar-refractivity contribution in [1.29, 1.82) is 0 Å². The second kappa shape index (κ2) is 8.95. The summed E-state index contributed by atoms with van der Waals surface area (Å²) in [5.74, 6) is 0.229. The Morgan fingerprint density at radius 2 is 1.72 bits per heavy atom. The van der Waals surface area contributed by atoms with E-state index in [9.17, 15) is 13.2 Å². The van der Waals surface area contributed by atoms with Crippen LogP contribution in [0, 0.1) is 6.92 Å². The van der Waals surface area contributed by atoms with Crippen LogP contribution in [0.5, 0.6) is 11.5 Å². The van der Waals surface area contributed by atoms with Gasteiger partial charge >= 0.3 is 16.2 Å². The first-order valence-electron chi connectivity index (χ1n) is 8.71. The molecule has 1 amide bonds. The molecular weight excluding hydrogens is 396 g/mol. The molecule has 0 spiro atoms. The van der Waals surface area contributed by atoms with Crippen molar-refractivity contribution in [3.63, 3.8) is 0 Å². The van der Waals surface area contributed by atoms with Gasteiger partial charge in [-0.1, -0.05) is 17.7 Å². The molecule has 0 saturated carbocycles. The number of ether oxygens (including phenoxy) is 2. The zero-order valence-corrected chi connectivity index (χ0v) is 17.7. The summed E-state index contributed by atoms with van der Waals surface area (Å²) in [4.78, 5) is 11.6. The summed E-state index contributed by atoms with van der Waals surface area (Å²) in [6, 6.07) is 10.9. The number of benzene rings is 2. The zero-order valence-electron chi connectivity index (χ0n) is 16.9. The van der Waals surface area contributed by atoms with Gasteiger partial charge in [0.15, 0.2) is 11.5 Å². The molecule has 0 aromatic heterocycles. The first kappa shape index (κ1) is 22.2. The van der Waals surface area contributed by atoms with E-state index >= 15 is 0 Å². The summed E-state index contributed by atoms with van der Waals surface area (Å²) >= 11 is 0. The Kier molecular flexibility index (Phi) is 6.86. The van der Waals surface area contributed by atoms with Gasteiger partial charge in [-0.3, -0.25) is 0 Å². The Morgan fingerprint density at radius 1 is 1.07 bits per heavy atom. The first-order valence-corrected chi connectivity index (χ1v) is 10.1. The van der Waals surface area contributed by atoms with Gasteiger partial charge in [-0.25, -0.2) is 10.2 Å². The predicted octanol–water partition coefficient (Wildman–Crippen LogP) is 3.63. The standard InChI is InChI=1S/C20H24N2O6S/c1-14-6-9-16(10-7-14)29(24,25)28-17-11-8-15(12-18(17)26-5)13-21-22-19(23)27-20(2,3)4/h6-13H,1-5H3,(H,22,23)/b21-13+. The van der Waals surface area contributed by atoms with Crippen LogP contribution in [0.25, 0.3) is 0 Å². The first-order chi connectivity index (χ1) is 13.5. The van der Waals surface area contributed by atoms with E-state index in [2.05, 4.69) is 10.5 Å². The Morgan fingerprint density at radius 3 is 2.31 bits per heavy atom. The lowest BCUT2D eigenvalue weighted by Crippen LogP contribution is -2.29. The van der Waals surface area contributed by atoms with Crippen LogP contribution in [0.15, 0.2) is 52.5 Å². The Bertz CT molecular complexity index is 993. The van der Waals surface area contributed by atoms with E-state index < -0.39 is 21.8 Å². The van der Waals surface area contributed by atoms with Crippen LogP contribution in [0.3, 0.4) is 0 Å². The minimum absolute atomic E-state index is 0.0327. The molecule has 0 fully saturated rings. The van der Waals surface area contributed by atoms with Crippen molar-refractivity contribution in [3.8, 4) is 11.5 Å². The predicted molar refractivity (Wildman–Crippen MR) is 109 cm³/mol. The molecule has 8 nitrogen and oxygen atoms in total. The van der Waals surface area contributed by atoms with Crippen LogP contribution in [-0.4, -0.2) is 33.4 Å². The van der Waals surface area contributed by atoms with Gasteiger partial charge in [-0.2, -0.15) is 13.5 Å². The fourth-order valence-electron chi connectivity index (χ4n) is 2.16. The van der Waals surface area contributed by atoms with Crippen molar-refractivity contribution < 1.29 is 26.9 Å². The molecule has 2 aromatic carbocycles. The molecule has 2 aromatic rings. The number of nitrogens with zero attached hydrogens (tertiary/aromatic N) is 1. The summed E-state index contributed by atoms with van der Waals surface area (Å²) in [6.07, 6.45) is 0.676. The van der Waals surface area contributed by atoms with Crippen molar-refractivity contribution >= 4 is 22.4 Å². The maximum Gasteiger partial charge on any atom is 0.428 e. The number of methoxy groups -OCH3 is 1. The molecule has 0 unspecified atom stereocenters. The average molecular weight is 420 g/mol. The number of carbonyl (C=O) groups is 1. The molecule has 0 bridgehead atoms. The average Bonchev–Trinajstić information content (AvgIpc) is 2.61. The van der Waals surface area contributed by atoms with Crippen LogP contribution in [-0.2, 0) is 14.9 Å². The van der Waals surface area contributed by atoms with E-state index in [-0.39, 0.29) is 16.4 Å². The molecule has 0 atom stereocenters. The third-order valence-corrected chi connectivity index (χ3v) is 4.71. The molecule has 156 valence electrons. The molecule has 1 N–H and O–H groups in total. The van der Waals surface area contributed by atoms with E-state index in [1.807, 2.05) is 6.92 Å². The highest BCUT2D eigenvalue weighted by Gasteiger charge is 2.19. The third kappa shape index (κ3) is 6.79. The summed E-state index contributed by atoms with van der Waals surface area (Å²) < 4.78 is 40.4. The van der Waals surface area contributed by atoms with Crippen LogP contribution in [0.4, 0.5) is 4.79 Å². The fraction of sp³-hybridized carbons (Fsp3) is 0.300. The highest BCUT2D eigenvalue weighted by molar-refractivity contribution is 7.87. The molecule has 2 rings (SSSR count). The molecule has 9 heteroatoms. The van der Waals surface area contributed by atoms with Crippen LogP contribution < -0.4 is 14.3 Å². The summed E-state index contributed by atoms with van der Waals surface area (Å²) in [5.41, 5.74) is 3.10. The highest BCUT2D eigenvalue weighted by atomic mass is 32.2. The van der Waals surface area contributed by atoms with Crippen molar-refractivity contribution in [2.45, 2.75) is 38.2 Å². The minimum atomic E-state index is -4.01. The normalized spacial score (nSPS) is 11.9. The quantitative estimate of drug-likeness (QED) is 0.435. The number of nitrogens with one attached hydrogen (secondary N) is 1. The van der Waals surface area contributed by atoms with E-state index in [0.717, 1.165) is 5.56 Å². The number of carbonyl (C=O) groups excluding carboxylic acids is 1. The minimum Gasteiger partial charge on any atom is -0.493 e. The SMILES string of the molecule is COc1cc(/C=N/NC(=O)OC(C)(C)C)ccc1OS(=O)(=O)c1ccc(C)cc1. The maximum absolute atomic E-state index is 12.5. The monoisotopic (exact) mass is 420 g/mol. The molecule has 0 radical (unpaired) electrons. The summed E-state index contributed by atoms with van der Waals surface area (Å²) in [6.45, 7) is 7.08. The topological polar surface area (TPSA) is 103 Å². The van der Waals surface area contributed by atoms with Gasteiger partial charge in [0.05, 0.1) is 13.3 Å². The molecule has 0 aliphatic heterocycles.